The van der Waals surface area contributed by atoms with Crippen LogP contribution in [0.2, 0.25) is 5.02 Å². The lowest BCUT2D eigenvalue weighted by molar-refractivity contribution is -0.121. The number of anilines is 1. The van der Waals surface area contributed by atoms with Crippen LogP contribution in [0, 0.1) is 18.8 Å². The van der Waals surface area contributed by atoms with Crippen LogP contribution in [0.4, 0.5) is 5.69 Å². The zero-order chi connectivity index (χ0) is 16.4. The summed E-state index contributed by atoms with van der Waals surface area (Å²) in [5.41, 5.74) is 4.10. The smallest absolute Gasteiger partial charge is 0.227 e. The molecule has 24 heavy (non-hydrogen) atoms. The fraction of sp³-hybridized carbons (Fsp3) is 0.316. The van der Waals surface area contributed by atoms with Crippen LogP contribution in [0.1, 0.15) is 12.5 Å². The highest BCUT2D eigenvalue weighted by atomic mass is 35.5. The molecule has 2 N–H and O–H groups in total. The van der Waals surface area contributed by atoms with E-state index < -0.39 is 0 Å². The van der Waals surface area contributed by atoms with Gasteiger partial charge in [0.05, 0.1) is 0 Å². The molecule has 0 radical (unpaired) electrons. The maximum atomic E-state index is 12.3. The Balaban J connectivity index is 0.00000208. The third-order valence-corrected chi connectivity index (χ3v) is 4.81. The number of nitrogens with one attached hydrogen (secondary N) is 2. The number of hydrogen-bond acceptors (Lipinski definition) is 2. The van der Waals surface area contributed by atoms with Crippen LogP contribution in [-0.2, 0) is 4.79 Å². The Hall–Kier alpha value is -1.55. The molecule has 0 aromatic heterocycles. The van der Waals surface area contributed by atoms with Gasteiger partial charge in [-0.3, -0.25) is 4.79 Å². The maximum Gasteiger partial charge on any atom is 0.227 e. The second-order valence-corrected chi connectivity index (χ2v) is 6.67. The number of amides is 1. The van der Waals surface area contributed by atoms with Crippen molar-refractivity contribution < 1.29 is 4.79 Å². The summed E-state index contributed by atoms with van der Waals surface area (Å²) in [7, 11) is 0. The first-order chi connectivity index (χ1) is 11.0. The topological polar surface area (TPSA) is 41.1 Å². The molecular weight excluding hydrogens is 343 g/mol. The molecule has 0 saturated carbocycles. The van der Waals surface area contributed by atoms with Gasteiger partial charge in [-0.25, -0.2) is 0 Å². The van der Waals surface area contributed by atoms with Crippen molar-refractivity contribution >= 4 is 35.6 Å². The lowest BCUT2D eigenvalue weighted by atomic mass is 9.88. The first-order valence-electron chi connectivity index (χ1n) is 7.93. The number of carbonyl (C=O) groups is 1. The summed E-state index contributed by atoms with van der Waals surface area (Å²) in [4.78, 5) is 12.3. The molecule has 3 rings (SSSR count). The van der Waals surface area contributed by atoms with Crippen molar-refractivity contribution in [3.63, 3.8) is 0 Å². The van der Waals surface area contributed by atoms with Crippen LogP contribution >= 0.6 is 24.0 Å². The second-order valence-electron chi connectivity index (χ2n) is 6.24. The minimum atomic E-state index is 0. The number of benzene rings is 2. The Bertz CT molecular complexity index is 729. The molecule has 0 bridgehead atoms. The van der Waals surface area contributed by atoms with Crippen LogP contribution in [0.15, 0.2) is 42.5 Å². The Morgan fingerprint density at radius 1 is 1.21 bits per heavy atom. The number of aryl methyl sites for hydroxylation is 1. The van der Waals surface area contributed by atoms with E-state index in [1.54, 1.807) is 0 Å². The highest BCUT2D eigenvalue weighted by molar-refractivity contribution is 6.30. The van der Waals surface area contributed by atoms with Crippen LogP contribution in [0.3, 0.4) is 0 Å². The van der Waals surface area contributed by atoms with E-state index in [9.17, 15) is 4.79 Å². The van der Waals surface area contributed by atoms with E-state index in [0.29, 0.717) is 5.92 Å². The van der Waals surface area contributed by atoms with Gasteiger partial charge < -0.3 is 10.6 Å². The highest BCUT2D eigenvalue weighted by Gasteiger charge is 2.28. The predicted molar refractivity (Wildman–Crippen MR) is 103 cm³/mol. The fourth-order valence-electron chi connectivity index (χ4n) is 2.78. The Morgan fingerprint density at radius 2 is 1.92 bits per heavy atom. The van der Waals surface area contributed by atoms with Gasteiger partial charge in [0, 0.05) is 16.6 Å². The van der Waals surface area contributed by atoms with Crippen molar-refractivity contribution in [3.8, 4) is 11.1 Å². The summed E-state index contributed by atoms with van der Waals surface area (Å²) in [6, 6.07) is 13.8. The van der Waals surface area contributed by atoms with Crippen LogP contribution in [0.25, 0.3) is 11.1 Å². The standard InChI is InChI=1S/C19H21ClN2O.ClH/c1-12-8-15(14-4-3-5-17(20)9-14)6-7-18(12)22-19(23)13(2)16-10-21-11-16;/h3-9,13,16,21H,10-11H2,1-2H3,(H,22,23);1H. The predicted octanol–water partition coefficient (Wildman–Crippen LogP) is 4.53. The van der Waals surface area contributed by atoms with E-state index in [2.05, 4.69) is 16.7 Å². The van der Waals surface area contributed by atoms with E-state index in [1.807, 2.05) is 50.2 Å². The van der Waals surface area contributed by atoms with Gasteiger partial charge in [0.1, 0.15) is 0 Å². The number of hydrogen-bond donors (Lipinski definition) is 2. The zero-order valence-electron chi connectivity index (χ0n) is 13.8. The Kier molecular flexibility index (Phi) is 6.27. The van der Waals surface area contributed by atoms with E-state index in [-0.39, 0.29) is 24.2 Å². The highest BCUT2D eigenvalue weighted by Crippen LogP contribution is 2.27. The van der Waals surface area contributed by atoms with Crippen LogP contribution in [0.5, 0.6) is 0 Å². The minimum absolute atomic E-state index is 0. The van der Waals surface area contributed by atoms with E-state index in [4.69, 9.17) is 11.6 Å². The summed E-state index contributed by atoms with van der Waals surface area (Å²) in [6.07, 6.45) is 0. The first kappa shape index (κ1) is 18.8. The van der Waals surface area contributed by atoms with Gasteiger partial charge in [0.15, 0.2) is 0 Å². The van der Waals surface area contributed by atoms with Crippen molar-refractivity contribution in [3.05, 3.63) is 53.1 Å². The monoisotopic (exact) mass is 364 g/mol. The van der Waals surface area contributed by atoms with Gasteiger partial charge in [-0.1, -0.05) is 36.7 Å². The third-order valence-electron chi connectivity index (χ3n) is 4.58. The van der Waals surface area contributed by atoms with Crippen molar-refractivity contribution in [1.82, 2.24) is 5.32 Å². The molecule has 1 fully saturated rings. The molecule has 1 atom stereocenters. The largest absolute Gasteiger partial charge is 0.326 e. The molecule has 2 aromatic carbocycles. The van der Waals surface area contributed by atoms with E-state index in [0.717, 1.165) is 40.5 Å². The average molecular weight is 365 g/mol. The van der Waals surface area contributed by atoms with E-state index in [1.165, 1.54) is 0 Å². The number of carbonyl (C=O) groups excluding carboxylic acids is 1. The fourth-order valence-corrected chi connectivity index (χ4v) is 2.97. The summed E-state index contributed by atoms with van der Waals surface area (Å²) >= 11 is 6.06. The summed E-state index contributed by atoms with van der Waals surface area (Å²) in [5, 5.41) is 6.99. The molecule has 1 unspecified atom stereocenters. The van der Waals surface area contributed by atoms with Gasteiger partial charge in [-0.15, -0.1) is 12.4 Å². The van der Waals surface area contributed by atoms with Crippen molar-refractivity contribution in [2.24, 2.45) is 11.8 Å². The third kappa shape index (κ3) is 4.10. The second kappa shape index (κ2) is 8.02. The van der Waals surface area contributed by atoms with Crippen LogP contribution in [-0.4, -0.2) is 19.0 Å². The van der Waals surface area contributed by atoms with Crippen LogP contribution < -0.4 is 10.6 Å². The summed E-state index contributed by atoms with van der Waals surface area (Å²) in [6.45, 7) is 5.87. The molecule has 128 valence electrons. The van der Waals surface area contributed by atoms with Gasteiger partial charge in [0.25, 0.3) is 0 Å². The van der Waals surface area contributed by atoms with Gasteiger partial charge in [-0.2, -0.15) is 0 Å². The molecule has 3 nitrogen and oxygen atoms in total. The molecule has 1 amide bonds. The quantitative estimate of drug-likeness (QED) is 0.836. The van der Waals surface area contributed by atoms with Crippen molar-refractivity contribution in [2.45, 2.75) is 13.8 Å². The maximum absolute atomic E-state index is 12.3. The Labute approximate surface area is 154 Å². The SMILES string of the molecule is Cc1cc(-c2cccc(Cl)c2)ccc1NC(=O)C(C)C1CNC1.Cl. The van der Waals surface area contributed by atoms with Gasteiger partial charge >= 0.3 is 0 Å². The lowest BCUT2D eigenvalue weighted by Gasteiger charge is -2.31. The molecule has 1 aliphatic heterocycles. The summed E-state index contributed by atoms with van der Waals surface area (Å²) < 4.78 is 0. The molecule has 1 heterocycles. The Morgan fingerprint density at radius 3 is 2.50 bits per heavy atom. The first-order valence-corrected chi connectivity index (χ1v) is 8.30. The van der Waals surface area contributed by atoms with Crippen molar-refractivity contribution in [2.75, 3.05) is 18.4 Å². The minimum Gasteiger partial charge on any atom is -0.326 e. The average Bonchev–Trinajstić information content (AvgIpc) is 2.47. The van der Waals surface area contributed by atoms with Gasteiger partial charge in [0.2, 0.25) is 5.91 Å². The normalized spacial score (nSPS) is 15.1. The molecule has 1 saturated heterocycles. The zero-order valence-corrected chi connectivity index (χ0v) is 15.4. The molecular formula is C19H22Cl2N2O. The number of rotatable bonds is 4. The van der Waals surface area contributed by atoms with E-state index >= 15 is 0 Å². The molecule has 0 aliphatic carbocycles. The lowest BCUT2D eigenvalue weighted by Crippen LogP contribution is -2.48. The summed E-state index contributed by atoms with van der Waals surface area (Å²) in [5.74, 6) is 0.569. The molecule has 5 heteroatoms. The van der Waals surface area contributed by atoms with Gasteiger partial charge in [-0.05, 0) is 66.9 Å². The van der Waals surface area contributed by atoms with Crippen molar-refractivity contribution in [1.29, 1.82) is 0 Å². The number of halogens is 2. The molecule has 0 spiro atoms. The molecule has 1 aliphatic rings. The molecule has 2 aromatic rings.